The number of benzene rings is 2. The summed E-state index contributed by atoms with van der Waals surface area (Å²) in [5, 5.41) is 2.89. The first kappa shape index (κ1) is 21.5. The average molecular weight is 423 g/mol. The summed E-state index contributed by atoms with van der Waals surface area (Å²) in [4.78, 5) is 28.3. The number of carbonyl (C=O) groups is 2. The summed E-state index contributed by atoms with van der Waals surface area (Å²) < 4.78 is 13.9. The Kier molecular flexibility index (Phi) is 6.69. The van der Waals surface area contributed by atoms with Crippen LogP contribution in [0.25, 0.3) is 0 Å². The summed E-state index contributed by atoms with van der Waals surface area (Å²) in [5.74, 6) is -0.416. The van der Waals surface area contributed by atoms with Gasteiger partial charge in [-0.05, 0) is 44.2 Å². The number of hydrogen-bond acceptors (Lipinski definition) is 2. The van der Waals surface area contributed by atoms with E-state index in [2.05, 4.69) is 30.4 Å². The molecule has 0 bridgehead atoms. The number of amides is 2. The third kappa shape index (κ3) is 4.97. The number of nitrogens with zero attached hydrogens (tertiary/aromatic N) is 1. The van der Waals surface area contributed by atoms with Gasteiger partial charge in [0.25, 0.3) is 0 Å². The maximum absolute atomic E-state index is 13.9. The Morgan fingerprint density at radius 2 is 1.77 bits per heavy atom. The fourth-order valence-corrected chi connectivity index (χ4v) is 5.03. The number of likely N-dealkylation sites (tertiary alicyclic amines) is 1. The molecule has 1 heterocycles. The lowest BCUT2D eigenvalue weighted by Gasteiger charge is -2.41. The Morgan fingerprint density at radius 3 is 2.52 bits per heavy atom. The summed E-state index contributed by atoms with van der Waals surface area (Å²) in [6.45, 7) is 2.66. The van der Waals surface area contributed by atoms with E-state index in [1.807, 2.05) is 11.0 Å². The zero-order chi connectivity index (χ0) is 21.8. The summed E-state index contributed by atoms with van der Waals surface area (Å²) in [6, 6.07) is 14.8. The number of hydrogen-bond donors (Lipinski definition) is 1. The molecule has 0 aromatic heterocycles. The highest BCUT2D eigenvalue weighted by Crippen LogP contribution is 2.37. The van der Waals surface area contributed by atoms with E-state index in [9.17, 15) is 14.0 Å². The fourth-order valence-electron chi connectivity index (χ4n) is 5.03. The van der Waals surface area contributed by atoms with Crippen molar-refractivity contribution in [3.8, 4) is 0 Å². The minimum Gasteiger partial charge on any atom is -0.352 e. The van der Waals surface area contributed by atoms with Crippen molar-refractivity contribution in [3.05, 3.63) is 71.0 Å². The number of aryl methyl sites for hydroxylation is 1. The second-order valence-corrected chi connectivity index (χ2v) is 8.99. The first-order chi connectivity index (χ1) is 15.0. The molecule has 2 aromatic rings. The van der Waals surface area contributed by atoms with Crippen LogP contribution in [0, 0.1) is 24.6 Å². The largest absolute Gasteiger partial charge is 0.352 e. The maximum atomic E-state index is 13.9. The van der Waals surface area contributed by atoms with Crippen molar-refractivity contribution < 1.29 is 14.0 Å². The standard InChI is InChI=1S/C26H31FN2O2/c1-18-7-6-11-20(15-18)24-14-13-22(17-29(24)26(31)19-8-2-3-9-19)25(30)28-16-21-10-4-5-12-23(21)27/h4-7,10-12,15,19,22,24H,2-3,8-9,13-14,16-17H2,1H3,(H,28,30)/t22-,24+/m0/s1. The normalized spacial score (nSPS) is 21.8. The van der Waals surface area contributed by atoms with Crippen molar-refractivity contribution >= 4 is 11.8 Å². The van der Waals surface area contributed by atoms with Gasteiger partial charge in [0, 0.05) is 24.6 Å². The number of piperidine rings is 1. The van der Waals surface area contributed by atoms with Crippen molar-refractivity contribution in [2.24, 2.45) is 11.8 Å². The van der Waals surface area contributed by atoms with Gasteiger partial charge in [-0.15, -0.1) is 0 Å². The van der Waals surface area contributed by atoms with E-state index in [0.717, 1.165) is 44.1 Å². The minimum atomic E-state index is -0.316. The molecule has 4 nitrogen and oxygen atoms in total. The molecule has 31 heavy (non-hydrogen) atoms. The van der Waals surface area contributed by atoms with E-state index in [4.69, 9.17) is 0 Å². The number of nitrogens with one attached hydrogen (secondary N) is 1. The van der Waals surface area contributed by atoms with Crippen molar-refractivity contribution in [3.63, 3.8) is 0 Å². The van der Waals surface area contributed by atoms with Crippen molar-refractivity contribution in [2.75, 3.05) is 6.54 Å². The number of rotatable bonds is 5. The summed E-state index contributed by atoms with van der Waals surface area (Å²) in [7, 11) is 0. The van der Waals surface area contributed by atoms with Crippen LogP contribution in [0.3, 0.4) is 0 Å². The molecule has 2 fully saturated rings. The first-order valence-corrected chi connectivity index (χ1v) is 11.4. The van der Waals surface area contributed by atoms with Gasteiger partial charge in [0.05, 0.1) is 12.0 Å². The molecular weight excluding hydrogens is 391 g/mol. The van der Waals surface area contributed by atoms with Crippen LogP contribution in [-0.4, -0.2) is 23.3 Å². The van der Waals surface area contributed by atoms with E-state index in [1.165, 1.54) is 11.6 Å². The van der Waals surface area contributed by atoms with Crippen LogP contribution >= 0.6 is 0 Å². The molecule has 4 rings (SSSR count). The summed E-state index contributed by atoms with van der Waals surface area (Å²) >= 11 is 0. The zero-order valence-corrected chi connectivity index (χ0v) is 18.1. The lowest BCUT2D eigenvalue weighted by molar-refractivity contribution is -0.142. The molecule has 1 saturated heterocycles. The van der Waals surface area contributed by atoms with Crippen LogP contribution < -0.4 is 5.32 Å². The molecule has 1 aliphatic carbocycles. The number of carbonyl (C=O) groups excluding carboxylic acids is 2. The molecule has 1 aliphatic heterocycles. The van der Waals surface area contributed by atoms with Gasteiger partial charge in [0.15, 0.2) is 0 Å². The van der Waals surface area contributed by atoms with E-state index >= 15 is 0 Å². The number of halogens is 1. The zero-order valence-electron chi connectivity index (χ0n) is 18.1. The Morgan fingerprint density at radius 1 is 1.00 bits per heavy atom. The van der Waals surface area contributed by atoms with E-state index in [-0.39, 0.29) is 42.1 Å². The van der Waals surface area contributed by atoms with E-state index < -0.39 is 0 Å². The van der Waals surface area contributed by atoms with E-state index in [0.29, 0.717) is 12.1 Å². The second-order valence-electron chi connectivity index (χ2n) is 8.99. The molecule has 2 aliphatic rings. The molecule has 1 N–H and O–H groups in total. The van der Waals surface area contributed by atoms with Gasteiger partial charge in [-0.1, -0.05) is 60.9 Å². The molecular formula is C26H31FN2O2. The Bertz CT molecular complexity index is 939. The Balaban J connectivity index is 1.48. The van der Waals surface area contributed by atoms with Crippen molar-refractivity contribution in [2.45, 2.75) is 58.0 Å². The fraction of sp³-hybridized carbons (Fsp3) is 0.462. The van der Waals surface area contributed by atoms with Crippen LogP contribution in [0.4, 0.5) is 4.39 Å². The van der Waals surface area contributed by atoms with Gasteiger partial charge in [-0.3, -0.25) is 9.59 Å². The smallest absolute Gasteiger partial charge is 0.226 e. The maximum Gasteiger partial charge on any atom is 0.226 e. The van der Waals surface area contributed by atoms with Crippen molar-refractivity contribution in [1.29, 1.82) is 0 Å². The van der Waals surface area contributed by atoms with Crippen LogP contribution in [0.5, 0.6) is 0 Å². The molecule has 2 atom stereocenters. The molecule has 0 unspecified atom stereocenters. The summed E-state index contributed by atoms with van der Waals surface area (Å²) in [6.07, 6.45) is 5.58. The SMILES string of the molecule is Cc1cccc([C@H]2CC[C@H](C(=O)NCc3ccccc3F)CN2C(=O)C2CCCC2)c1. The lowest BCUT2D eigenvalue weighted by atomic mass is 9.86. The monoisotopic (exact) mass is 422 g/mol. The Hall–Kier alpha value is -2.69. The predicted octanol–water partition coefficient (Wildman–Crippen LogP) is 4.92. The highest BCUT2D eigenvalue weighted by Gasteiger charge is 2.38. The summed E-state index contributed by atoms with van der Waals surface area (Å²) in [5.41, 5.74) is 2.80. The Labute approximate surface area is 183 Å². The highest BCUT2D eigenvalue weighted by atomic mass is 19.1. The van der Waals surface area contributed by atoms with Crippen LogP contribution in [0.2, 0.25) is 0 Å². The van der Waals surface area contributed by atoms with Crippen molar-refractivity contribution in [1.82, 2.24) is 10.2 Å². The molecule has 0 radical (unpaired) electrons. The second kappa shape index (κ2) is 9.63. The molecule has 2 amide bonds. The minimum absolute atomic E-state index is 0.0172. The molecule has 5 heteroatoms. The predicted molar refractivity (Wildman–Crippen MR) is 119 cm³/mol. The van der Waals surface area contributed by atoms with Crippen LogP contribution in [0.1, 0.15) is 61.3 Å². The van der Waals surface area contributed by atoms with Crippen LogP contribution in [-0.2, 0) is 16.1 Å². The van der Waals surface area contributed by atoms with E-state index in [1.54, 1.807) is 18.2 Å². The molecule has 0 spiro atoms. The van der Waals surface area contributed by atoms with Gasteiger partial charge < -0.3 is 10.2 Å². The molecule has 164 valence electrons. The van der Waals surface area contributed by atoms with Crippen LogP contribution in [0.15, 0.2) is 48.5 Å². The van der Waals surface area contributed by atoms with Gasteiger partial charge in [0.1, 0.15) is 5.82 Å². The van der Waals surface area contributed by atoms with Gasteiger partial charge >= 0.3 is 0 Å². The first-order valence-electron chi connectivity index (χ1n) is 11.4. The average Bonchev–Trinajstić information content (AvgIpc) is 3.32. The third-order valence-corrected chi connectivity index (χ3v) is 6.78. The van der Waals surface area contributed by atoms with Gasteiger partial charge in [-0.2, -0.15) is 0 Å². The topological polar surface area (TPSA) is 49.4 Å². The quantitative estimate of drug-likeness (QED) is 0.744. The van der Waals surface area contributed by atoms with Gasteiger partial charge in [0.2, 0.25) is 11.8 Å². The highest BCUT2D eigenvalue weighted by molar-refractivity contribution is 5.83. The van der Waals surface area contributed by atoms with Gasteiger partial charge in [-0.25, -0.2) is 4.39 Å². The molecule has 2 aromatic carbocycles. The lowest BCUT2D eigenvalue weighted by Crippen LogP contribution is -2.48. The molecule has 1 saturated carbocycles. The third-order valence-electron chi connectivity index (χ3n) is 6.78.